The standard InChI is InChI=1S/C14H17N3O3S/c1-15-14-7-6-13(10-16-14)21(19,20)17-12-4-2-11(3-5-12)8-9-18/h2-7,10,17-18H,8-9H2,1H3,(H,15,16). The van der Waals surface area contributed by atoms with Crippen molar-refractivity contribution in [2.75, 3.05) is 23.7 Å². The average molecular weight is 307 g/mol. The first-order chi connectivity index (χ1) is 10.0. The zero-order valence-corrected chi connectivity index (χ0v) is 12.4. The Labute approximate surface area is 123 Å². The average Bonchev–Trinajstić information content (AvgIpc) is 2.49. The quantitative estimate of drug-likeness (QED) is 0.751. The minimum absolute atomic E-state index is 0.0640. The Morgan fingerprint density at radius 3 is 2.38 bits per heavy atom. The highest BCUT2D eigenvalue weighted by Crippen LogP contribution is 2.17. The first-order valence-corrected chi connectivity index (χ1v) is 7.90. The van der Waals surface area contributed by atoms with Crippen LogP contribution in [0.15, 0.2) is 47.5 Å². The van der Waals surface area contributed by atoms with Crippen molar-refractivity contribution < 1.29 is 13.5 Å². The van der Waals surface area contributed by atoms with Crippen LogP contribution in [0.5, 0.6) is 0 Å². The van der Waals surface area contributed by atoms with Gasteiger partial charge in [0.1, 0.15) is 10.7 Å². The fraction of sp³-hybridized carbons (Fsp3) is 0.214. The molecule has 0 aliphatic rings. The Kier molecular flexibility index (Phi) is 4.77. The first kappa shape index (κ1) is 15.3. The molecule has 0 amide bonds. The van der Waals surface area contributed by atoms with Gasteiger partial charge in [0.25, 0.3) is 10.0 Å². The molecule has 21 heavy (non-hydrogen) atoms. The minimum atomic E-state index is -3.65. The van der Waals surface area contributed by atoms with Crippen LogP contribution >= 0.6 is 0 Å². The van der Waals surface area contributed by atoms with Crippen molar-refractivity contribution in [1.29, 1.82) is 0 Å². The van der Waals surface area contributed by atoms with Crippen LogP contribution in [-0.2, 0) is 16.4 Å². The van der Waals surface area contributed by atoms with Gasteiger partial charge < -0.3 is 10.4 Å². The third-order valence-corrected chi connectivity index (χ3v) is 4.28. The van der Waals surface area contributed by atoms with Crippen molar-refractivity contribution in [1.82, 2.24) is 4.98 Å². The highest BCUT2D eigenvalue weighted by Gasteiger charge is 2.14. The third-order valence-electron chi connectivity index (χ3n) is 2.91. The molecule has 0 fully saturated rings. The Morgan fingerprint density at radius 1 is 1.14 bits per heavy atom. The molecule has 6 nitrogen and oxygen atoms in total. The molecule has 112 valence electrons. The van der Waals surface area contributed by atoms with Crippen LogP contribution < -0.4 is 10.0 Å². The summed E-state index contributed by atoms with van der Waals surface area (Å²) >= 11 is 0. The maximum absolute atomic E-state index is 12.2. The Bertz CT molecular complexity index is 682. The highest BCUT2D eigenvalue weighted by atomic mass is 32.2. The lowest BCUT2D eigenvalue weighted by Gasteiger charge is -2.09. The molecule has 0 aliphatic carbocycles. The molecule has 1 aromatic heterocycles. The predicted molar refractivity (Wildman–Crippen MR) is 81.8 cm³/mol. The molecule has 0 saturated heterocycles. The summed E-state index contributed by atoms with van der Waals surface area (Å²) in [5.41, 5.74) is 1.41. The number of aliphatic hydroxyl groups is 1. The SMILES string of the molecule is CNc1ccc(S(=O)(=O)Nc2ccc(CCO)cc2)cn1. The van der Waals surface area contributed by atoms with Gasteiger partial charge in [-0.15, -0.1) is 0 Å². The van der Waals surface area contributed by atoms with Gasteiger partial charge in [0.05, 0.1) is 0 Å². The fourth-order valence-electron chi connectivity index (χ4n) is 1.77. The topological polar surface area (TPSA) is 91.3 Å². The first-order valence-electron chi connectivity index (χ1n) is 6.41. The maximum Gasteiger partial charge on any atom is 0.263 e. The minimum Gasteiger partial charge on any atom is -0.396 e. The number of anilines is 2. The normalized spacial score (nSPS) is 11.1. The summed E-state index contributed by atoms with van der Waals surface area (Å²) in [5.74, 6) is 0.599. The summed E-state index contributed by atoms with van der Waals surface area (Å²) in [6.07, 6.45) is 1.84. The summed E-state index contributed by atoms with van der Waals surface area (Å²) in [6, 6.07) is 9.96. The molecule has 0 radical (unpaired) electrons. The van der Waals surface area contributed by atoms with Gasteiger partial charge >= 0.3 is 0 Å². The van der Waals surface area contributed by atoms with Crippen molar-refractivity contribution in [3.63, 3.8) is 0 Å². The van der Waals surface area contributed by atoms with Crippen LogP contribution in [0, 0.1) is 0 Å². The number of hydrogen-bond acceptors (Lipinski definition) is 5. The van der Waals surface area contributed by atoms with Gasteiger partial charge in [-0.2, -0.15) is 0 Å². The van der Waals surface area contributed by atoms with E-state index in [1.54, 1.807) is 37.4 Å². The monoisotopic (exact) mass is 307 g/mol. The number of pyridine rings is 1. The number of nitrogens with one attached hydrogen (secondary N) is 2. The van der Waals surface area contributed by atoms with E-state index in [0.29, 0.717) is 17.9 Å². The van der Waals surface area contributed by atoms with Gasteiger partial charge in [0.2, 0.25) is 0 Å². The van der Waals surface area contributed by atoms with Crippen molar-refractivity contribution in [3.8, 4) is 0 Å². The van der Waals surface area contributed by atoms with Crippen LogP contribution in [0.1, 0.15) is 5.56 Å². The van der Waals surface area contributed by atoms with Crippen molar-refractivity contribution >= 4 is 21.5 Å². The van der Waals surface area contributed by atoms with E-state index in [1.165, 1.54) is 12.3 Å². The van der Waals surface area contributed by atoms with Gasteiger partial charge in [-0.1, -0.05) is 12.1 Å². The number of hydrogen-bond donors (Lipinski definition) is 3. The van der Waals surface area contributed by atoms with Gasteiger partial charge in [0.15, 0.2) is 0 Å². The molecular weight excluding hydrogens is 290 g/mol. The highest BCUT2D eigenvalue weighted by molar-refractivity contribution is 7.92. The predicted octanol–water partition coefficient (Wildman–Crippen LogP) is 1.46. The number of sulfonamides is 1. The number of aromatic nitrogens is 1. The number of rotatable bonds is 6. The van der Waals surface area contributed by atoms with E-state index in [9.17, 15) is 8.42 Å². The van der Waals surface area contributed by atoms with Crippen LogP contribution in [0.3, 0.4) is 0 Å². The van der Waals surface area contributed by atoms with Gasteiger partial charge in [0, 0.05) is 25.5 Å². The van der Waals surface area contributed by atoms with E-state index in [2.05, 4.69) is 15.0 Å². The maximum atomic E-state index is 12.2. The molecule has 2 rings (SSSR count). The molecule has 0 bridgehead atoms. The van der Waals surface area contributed by atoms with Crippen molar-refractivity contribution in [3.05, 3.63) is 48.2 Å². The molecule has 2 aromatic rings. The van der Waals surface area contributed by atoms with Crippen LogP contribution in [0.4, 0.5) is 11.5 Å². The number of aliphatic hydroxyl groups excluding tert-OH is 1. The summed E-state index contributed by atoms with van der Waals surface area (Å²) in [7, 11) is -1.94. The Balaban J connectivity index is 2.16. The second-order valence-electron chi connectivity index (χ2n) is 4.41. The van der Waals surface area contributed by atoms with Crippen LogP contribution in [-0.4, -0.2) is 32.2 Å². The fourth-order valence-corrected chi connectivity index (χ4v) is 2.77. The van der Waals surface area contributed by atoms with E-state index in [4.69, 9.17) is 5.11 Å². The van der Waals surface area contributed by atoms with Crippen molar-refractivity contribution in [2.45, 2.75) is 11.3 Å². The molecule has 1 aromatic carbocycles. The molecule has 0 unspecified atom stereocenters. The molecule has 0 spiro atoms. The van der Waals surface area contributed by atoms with Gasteiger partial charge in [-0.05, 0) is 36.2 Å². The molecular formula is C14H17N3O3S. The molecule has 7 heteroatoms. The van der Waals surface area contributed by atoms with Crippen LogP contribution in [0.25, 0.3) is 0 Å². The van der Waals surface area contributed by atoms with E-state index >= 15 is 0 Å². The molecule has 3 N–H and O–H groups in total. The van der Waals surface area contributed by atoms with E-state index in [1.807, 2.05) is 0 Å². The lowest BCUT2D eigenvalue weighted by Crippen LogP contribution is -2.13. The summed E-state index contributed by atoms with van der Waals surface area (Å²) in [6.45, 7) is 0.0640. The Hall–Kier alpha value is -2.12. The van der Waals surface area contributed by atoms with E-state index in [-0.39, 0.29) is 11.5 Å². The zero-order valence-electron chi connectivity index (χ0n) is 11.6. The van der Waals surface area contributed by atoms with E-state index in [0.717, 1.165) is 5.56 Å². The van der Waals surface area contributed by atoms with Crippen molar-refractivity contribution in [2.24, 2.45) is 0 Å². The molecule has 1 heterocycles. The molecule has 0 saturated carbocycles. The molecule has 0 atom stereocenters. The summed E-state index contributed by atoms with van der Waals surface area (Å²) in [4.78, 5) is 4.08. The lowest BCUT2D eigenvalue weighted by atomic mass is 10.1. The number of benzene rings is 1. The van der Waals surface area contributed by atoms with Gasteiger partial charge in [-0.3, -0.25) is 4.72 Å². The van der Waals surface area contributed by atoms with E-state index < -0.39 is 10.0 Å². The third kappa shape index (κ3) is 3.93. The summed E-state index contributed by atoms with van der Waals surface area (Å²) < 4.78 is 26.9. The second-order valence-corrected chi connectivity index (χ2v) is 6.09. The zero-order chi connectivity index (χ0) is 15.3. The number of nitrogens with zero attached hydrogens (tertiary/aromatic N) is 1. The van der Waals surface area contributed by atoms with Gasteiger partial charge in [-0.25, -0.2) is 13.4 Å². The largest absolute Gasteiger partial charge is 0.396 e. The molecule has 0 aliphatic heterocycles. The smallest absolute Gasteiger partial charge is 0.263 e. The summed E-state index contributed by atoms with van der Waals surface area (Å²) in [5, 5.41) is 11.7. The lowest BCUT2D eigenvalue weighted by molar-refractivity contribution is 0.299. The second kappa shape index (κ2) is 6.55. The Morgan fingerprint density at radius 2 is 1.86 bits per heavy atom. The van der Waals surface area contributed by atoms with Crippen LogP contribution in [0.2, 0.25) is 0 Å².